The van der Waals surface area contributed by atoms with E-state index in [4.69, 9.17) is 14.7 Å². The van der Waals surface area contributed by atoms with E-state index in [0.29, 0.717) is 5.19 Å². The maximum Gasteiger partial charge on any atom is 0.490 e. The highest BCUT2D eigenvalue weighted by molar-refractivity contribution is 7.66. The van der Waals surface area contributed by atoms with E-state index >= 15 is 0 Å². The van der Waals surface area contributed by atoms with Gasteiger partial charge in [0.1, 0.15) is 0 Å². The van der Waals surface area contributed by atoms with Gasteiger partial charge in [-0.25, -0.2) is 13.7 Å². The summed E-state index contributed by atoms with van der Waals surface area (Å²) in [5.74, 6) is 0. The first-order chi connectivity index (χ1) is 9.81. The van der Waals surface area contributed by atoms with Crippen molar-refractivity contribution < 1.29 is 46.1 Å². The smallest absolute Gasteiger partial charge is 0.324 e. The van der Waals surface area contributed by atoms with Crippen LogP contribution in [0.4, 0.5) is 0 Å². The molecule has 0 amide bonds. The van der Waals surface area contributed by atoms with Gasteiger partial charge in [0.15, 0.2) is 0 Å². The summed E-state index contributed by atoms with van der Waals surface area (Å²) in [5, 5.41) is 0.557. The molecule has 0 aromatic heterocycles. The van der Waals surface area contributed by atoms with E-state index in [-0.39, 0.29) is 0 Å². The van der Waals surface area contributed by atoms with Gasteiger partial charge in [0.2, 0.25) is 0 Å². The molecular weight excluding hydrogens is 377 g/mol. The van der Waals surface area contributed by atoms with Crippen molar-refractivity contribution in [2.24, 2.45) is 0 Å². The summed E-state index contributed by atoms with van der Waals surface area (Å²) in [5.41, 5.74) is 1.69. The molecule has 1 aromatic rings. The lowest BCUT2D eigenvalue weighted by molar-refractivity contribution is 0.208. The molecule has 0 saturated carbocycles. The molecule has 0 aliphatic heterocycles. The van der Waals surface area contributed by atoms with Crippen molar-refractivity contribution >= 4 is 38.4 Å². The summed E-state index contributed by atoms with van der Waals surface area (Å²) in [6.07, 6.45) is 0. The van der Waals surface area contributed by atoms with Gasteiger partial charge in [0, 0.05) is 0 Å². The number of aryl methyl sites for hydroxylation is 1. The Bertz CT molecular complexity index is 685. The number of hydrogen-bond donors (Lipinski definition) is 4. The Morgan fingerprint density at radius 3 is 2.09 bits per heavy atom. The number of rotatable bonds is 7. The predicted octanol–water partition coefficient (Wildman–Crippen LogP) is 0.891. The fraction of sp³-hybridized carbons (Fsp3) is 0.250. The zero-order chi connectivity index (χ0) is 17.2. The van der Waals surface area contributed by atoms with E-state index in [0.717, 1.165) is 11.1 Å². The number of benzene rings is 1. The zero-order valence-electron chi connectivity index (χ0n) is 11.3. The van der Waals surface area contributed by atoms with Crippen molar-refractivity contribution in [3.05, 3.63) is 29.3 Å². The maximum absolute atomic E-state index is 11.5. The van der Waals surface area contributed by atoms with E-state index in [9.17, 15) is 18.6 Å². The molecule has 2 radical (unpaired) electrons. The molecule has 1 rings (SSSR count). The minimum Gasteiger partial charge on any atom is -0.324 e. The maximum atomic E-state index is 11.5. The molecule has 2 unspecified atom stereocenters. The molecular formula is C8H13O10P3Si. The Kier molecular flexibility index (Phi) is 6.48. The Morgan fingerprint density at radius 2 is 1.55 bits per heavy atom. The second kappa shape index (κ2) is 7.17. The first-order valence-corrected chi connectivity index (χ1v) is 10.9. The Labute approximate surface area is 128 Å². The SMILES string of the molecule is Cc1cccc([Si]OP(=O)(O)OP(=O)(O)OP(=O)(O)O)c1C. The van der Waals surface area contributed by atoms with E-state index < -0.39 is 33.2 Å². The third-order valence-electron chi connectivity index (χ3n) is 2.29. The molecule has 0 heterocycles. The molecule has 10 nitrogen and oxygen atoms in total. The summed E-state index contributed by atoms with van der Waals surface area (Å²) in [6, 6.07) is 5.12. The van der Waals surface area contributed by atoms with Gasteiger partial charge >= 0.3 is 23.5 Å². The van der Waals surface area contributed by atoms with Gasteiger partial charge in [-0.2, -0.15) is 8.62 Å². The van der Waals surface area contributed by atoms with Crippen molar-refractivity contribution in [2.45, 2.75) is 13.8 Å². The topological polar surface area (TPSA) is 160 Å². The fourth-order valence-corrected chi connectivity index (χ4v) is 5.57. The molecule has 14 heteroatoms. The first-order valence-electron chi connectivity index (χ1n) is 5.46. The van der Waals surface area contributed by atoms with Gasteiger partial charge in [0.25, 0.3) is 9.76 Å². The quantitative estimate of drug-likeness (QED) is 0.389. The lowest BCUT2D eigenvalue weighted by Crippen LogP contribution is -2.20. The predicted molar refractivity (Wildman–Crippen MR) is 76.3 cm³/mol. The molecule has 0 aliphatic carbocycles. The van der Waals surface area contributed by atoms with Crippen LogP contribution in [0.25, 0.3) is 0 Å². The van der Waals surface area contributed by atoms with Crippen LogP contribution in [0.15, 0.2) is 18.2 Å². The summed E-state index contributed by atoms with van der Waals surface area (Å²) < 4.78 is 44.9. The van der Waals surface area contributed by atoms with E-state index in [1.165, 1.54) is 0 Å². The molecule has 0 fully saturated rings. The lowest BCUT2D eigenvalue weighted by Gasteiger charge is -2.16. The third-order valence-corrected chi connectivity index (χ3v) is 7.67. The summed E-state index contributed by atoms with van der Waals surface area (Å²) in [4.78, 5) is 35.1. The van der Waals surface area contributed by atoms with Gasteiger partial charge in [-0.3, -0.25) is 0 Å². The van der Waals surface area contributed by atoms with Crippen LogP contribution in [0.3, 0.4) is 0 Å². The summed E-state index contributed by atoms with van der Waals surface area (Å²) >= 11 is 0. The van der Waals surface area contributed by atoms with Crippen molar-refractivity contribution in [1.29, 1.82) is 0 Å². The largest absolute Gasteiger partial charge is 0.490 e. The Morgan fingerprint density at radius 1 is 0.955 bits per heavy atom. The van der Waals surface area contributed by atoms with Gasteiger partial charge in [-0.15, -0.1) is 0 Å². The monoisotopic (exact) mass is 390 g/mol. The van der Waals surface area contributed by atoms with Crippen LogP contribution in [0.2, 0.25) is 0 Å². The molecule has 124 valence electrons. The van der Waals surface area contributed by atoms with Crippen LogP contribution in [0, 0.1) is 13.8 Å². The van der Waals surface area contributed by atoms with Crippen molar-refractivity contribution in [1.82, 2.24) is 0 Å². The first kappa shape index (κ1) is 19.9. The second-order valence-corrected chi connectivity index (χ2v) is 9.67. The lowest BCUT2D eigenvalue weighted by atomic mass is 10.1. The molecule has 0 aliphatic rings. The minimum atomic E-state index is -5.48. The van der Waals surface area contributed by atoms with Crippen LogP contribution in [0.5, 0.6) is 0 Å². The van der Waals surface area contributed by atoms with Crippen LogP contribution in [-0.4, -0.2) is 29.3 Å². The standard InChI is InChI=1S/C8H13O10P3Si/c1-6-4-3-5-8(7(6)2)22-18-21(14,15)17-20(12,13)16-19(9,10)11/h3-5H,1-2H3,(H,12,13)(H,14,15)(H2,9,10,11). The van der Waals surface area contributed by atoms with Gasteiger partial charge in [-0.1, -0.05) is 18.2 Å². The van der Waals surface area contributed by atoms with Crippen LogP contribution in [0.1, 0.15) is 11.1 Å². The van der Waals surface area contributed by atoms with E-state index in [2.05, 4.69) is 12.8 Å². The molecule has 22 heavy (non-hydrogen) atoms. The summed E-state index contributed by atoms with van der Waals surface area (Å²) in [6.45, 7) is 3.56. The second-order valence-electron chi connectivity index (χ2n) is 4.03. The average molecular weight is 390 g/mol. The average Bonchev–Trinajstić information content (AvgIpc) is 2.26. The molecule has 0 spiro atoms. The molecule has 2 atom stereocenters. The van der Waals surface area contributed by atoms with Crippen molar-refractivity contribution in [3.8, 4) is 0 Å². The molecule has 0 saturated heterocycles. The van der Waals surface area contributed by atoms with Gasteiger partial charge in [0.05, 0.1) is 0 Å². The Hall–Kier alpha value is -0.153. The molecule has 0 bridgehead atoms. The third kappa shape index (κ3) is 6.95. The van der Waals surface area contributed by atoms with Crippen molar-refractivity contribution in [3.63, 3.8) is 0 Å². The normalized spacial score (nSPS) is 17.7. The van der Waals surface area contributed by atoms with E-state index in [1.54, 1.807) is 19.1 Å². The van der Waals surface area contributed by atoms with Crippen molar-refractivity contribution in [2.75, 3.05) is 0 Å². The highest BCUT2D eigenvalue weighted by Crippen LogP contribution is 2.66. The highest BCUT2D eigenvalue weighted by Gasteiger charge is 2.40. The Balaban J connectivity index is 2.76. The fourth-order valence-electron chi connectivity index (χ4n) is 1.26. The highest BCUT2D eigenvalue weighted by atomic mass is 31.3. The molecule has 1 aromatic carbocycles. The van der Waals surface area contributed by atoms with Gasteiger partial charge in [-0.05, 0) is 30.2 Å². The van der Waals surface area contributed by atoms with Crippen LogP contribution >= 0.6 is 23.5 Å². The zero-order valence-corrected chi connectivity index (χ0v) is 15.0. The number of phosphoric acid groups is 3. The number of hydrogen-bond acceptors (Lipinski definition) is 6. The minimum absolute atomic E-state index is 0.557. The molecule has 4 N–H and O–H groups in total. The van der Waals surface area contributed by atoms with Crippen LogP contribution < -0.4 is 5.19 Å². The van der Waals surface area contributed by atoms with Crippen LogP contribution in [-0.2, 0) is 26.5 Å². The summed E-state index contributed by atoms with van der Waals surface area (Å²) in [7, 11) is -16.6. The van der Waals surface area contributed by atoms with Gasteiger partial charge < -0.3 is 23.8 Å². The van der Waals surface area contributed by atoms with E-state index in [1.807, 2.05) is 13.0 Å².